The zero-order chi connectivity index (χ0) is 28.5. The van der Waals surface area contributed by atoms with E-state index in [2.05, 4.69) is 13.8 Å². The van der Waals surface area contributed by atoms with Crippen LogP contribution in [0.1, 0.15) is 127 Å². The maximum atomic E-state index is 15.1. The third-order valence-corrected chi connectivity index (χ3v) is 9.13. The number of unbranched alkanes of at least 4 members (excludes halogenated alkanes) is 5. The van der Waals surface area contributed by atoms with Crippen molar-refractivity contribution in [3.8, 4) is 11.5 Å². The molecule has 0 N–H and O–H groups in total. The van der Waals surface area contributed by atoms with Crippen molar-refractivity contribution >= 4 is 0 Å². The molecule has 0 bridgehead atoms. The van der Waals surface area contributed by atoms with Gasteiger partial charge in [0.1, 0.15) is 0 Å². The Labute approximate surface area is 237 Å². The van der Waals surface area contributed by atoms with Crippen LogP contribution in [-0.2, 0) is 0 Å². The van der Waals surface area contributed by atoms with Gasteiger partial charge in [0.2, 0.25) is 11.6 Å². The summed E-state index contributed by atoms with van der Waals surface area (Å²) < 4.78 is 70.5. The molecule has 0 heterocycles. The van der Waals surface area contributed by atoms with Crippen LogP contribution in [0.4, 0.5) is 17.6 Å². The summed E-state index contributed by atoms with van der Waals surface area (Å²) in [5, 5.41) is 0. The lowest BCUT2D eigenvalue weighted by Crippen LogP contribution is -2.21. The Morgan fingerprint density at radius 3 is 1.68 bits per heavy atom. The van der Waals surface area contributed by atoms with Crippen molar-refractivity contribution in [1.29, 1.82) is 0 Å². The van der Waals surface area contributed by atoms with Gasteiger partial charge in [0, 0.05) is 0 Å². The Bertz CT molecular complexity index is 1070. The number of ether oxygens (including phenoxy) is 2. The molecular weight excluding hydrogens is 516 g/mol. The van der Waals surface area contributed by atoms with Crippen molar-refractivity contribution in [3.63, 3.8) is 0 Å². The van der Waals surface area contributed by atoms with E-state index in [-0.39, 0.29) is 35.9 Å². The predicted molar refractivity (Wildman–Crippen MR) is 152 cm³/mol. The minimum absolute atomic E-state index is 0.0385. The summed E-state index contributed by atoms with van der Waals surface area (Å²) >= 11 is 0. The fourth-order valence-electron chi connectivity index (χ4n) is 6.43. The van der Waals surface area contributed by atoms with E-state index < -0.39 is 23.3 Å². The summed E-state index contributed by atoms with van der Waals surface area (Å²) in [6.07, 6.45) is 13.5. The largest absolute Gasteiger partial charge is 0.490 e. The lowest BCUT2D eigenvalue weighted by molar-refractivity contribution is 0.190. The number of hydrogen-bond acceptors (Lipinski definition) is 2. The molecule has 222 valence electrons. The first-order chi connectivity index (χ1) is 19.4. The standard InChI is InChI=1S/C34H46F4O2/c1-3-4-5-6-7-8-21-39-29-19-20-30(34(38)33(29)37)40-22-24-11-15-26(16-12-24)28-18-17-27(31(35)32(28)36)25-13-9-23(2)10-14-25/h17-20,23-26H,3-16,21-22H2,1-2H3. The Morgan fingerprint density at radius 2 is 1.10 bits per heavy atom. The maximum Gasteiger partial charge on any atom is 0.204 e. The van der Waals surface area contributed by atoms with Gasteiger partial charge in [0.05, 0.1) is 13.2 Å². The fourth-order valence-corrected chi connectivity index (χ4v) is 6.43. The van der Waals surface area contributed by atoms with Gasteiger partial charge in [-0.25, -0.2) is 8.78 Å². The molecule has 0 radical (unpaired) electrons. The van der Waals surface area contributed by atoms with Crippen molar-refractivity contribution in [3.05, 3.63) is 58.7 Å². The summed E-state index contributed by atoms with van der Waals surface area (Å²) in [7, 11) is 0. The van der Waals surface area contributed by atoms with Gasteiger partial charge in [-0.1, -0.05) is 70.9 Å². The first-order valence-corrected chi connectivity index (χ1v) is 15.6. The third kappa shape index (κ3) is 7.94. The first kappa shape index (κ1) is 30.7. The van der Waals surface area contributed by atoms with Gasteiger partial charge >= 0.3 is 0 Å². The normalized spacial score (nSPS) is 23.2. The highest BCUT2D eigenvalue weighted by Gasteiger charge is 2.29. The van der Waals surface area contributed by atoms with E-state index in [4.69, 9.17) is 9.47 Å². The summed E-state index contributed by atoms with van der Waals surface area (Å²) in [5.74, 6) is -2.72. The zero-order valence-corrected chi connectivity index (χ0v) is 24.3. The van der Waals surface area contributed by atoms with Crippen molar-refractivity contribution in [2.45, 2.75) is 116 Å². The molecule has 0 saturated heterocycles. The third-order valence-electron chi connectivity index (χ3n) is 9.13. The average Bonchev–Trinajstić information content (AvgIpc) is 2.96. The summed E-state index contributed by atoms with van der Waals surface area (Å²) in [6, 6.07) is 6.45. The SMILES string of the molecule is CCCCCCCCOc1ccc(OCC2CCC(c3ccc(C4CCC(C)CC4)c(F)c3F)CC2)c(F)c1F. The monoisotopic (exact) mass is 562 g/mol. The van der Waals surface area contributed by atoms with Crippen molar-refractivity contribution < 1.29 is 27.0 Å². The van der Waals surface area contributed by atoms with Gasteiger partial charge in [0.15, 0.2) is 23.1 Å². The van der Waals surface area contributed by atoms with Crippen LogP contribution in [0.5, 0.6) is 11.5 Å². The van der Waals surface area contributed by atoms with E-state index in [1.165, 1.54) is 31.4 Å². The van der Waals surface area contributed by atoms with Gasteiger partial charge in [-0.2, -0.15) is 8.78 Å². The van der Waals surface area contributed by atoms with E-state index in [0.29, 0.717) is 36.5 Å². The van der Waals surface area contributed by atoms with Gasteiger partial charge in [-0.05, 0) is 91.9 Å². The number of benzene rings is 2. The van der Waals surface area contributed by atoms with Gasteiger partial charge in [-0.15, -0.1) is 0 Å². The Hall–Kier alpha value is -2.24. The second kappa shape index (κ2) is 15.1. The maximum absolute atomic E-state index is 15.1. The van der Waals surface area contributed by atoms with Gasteiger partial charge < -0.3 is 9.47 Å². The zero-order valence-electron chi connectivity index (χ0n) is 24.3. The molecule has 0 amide bonds. The minimum Gasteiger partial charge on any atom is -0.490 e. The molecule has 2 saturated carbocycles. The van der Waals surface area contributed by atoms with Crippen LogP contribution in [0, 0.1) is 35.1 Å². The molecule has 2 aromatic carbocycles. The second-order valence-electron chi connectivity index (χ2n) is 12.2. The van der Waals surface area contributed by atoms with Crippen molar-refractivity contribution in [1.82, 2.24) is 0 Å². The van der Waals surface area contributed by atoms with Crippen molar-refractivity contribution in [2.75, 3.05) is 13.2 Å². The van der Waals surface area contributed by atoms with Crippen molar-refractivity contribution in [2.24, 2.45) is 11.8 Å². The molecule has 2 fully saturated rings. The lowest BCUT2D eigenvalue weighted by atomic mass is 9.76. The highest BCUT2D eigenvalue weighted by atomic mass is 19.2. The van der Waals surface area contributed by atoms with E-state index in [1.807, 2.05) is 6.07 Å². The van der Waals surface area contributed by atoms with Gasteiger partial charge in [-0.3, -0.25) is 0 Å². The van der Waals surface area contributed by atoms with Crippen LogP contribution in [0.3, 0.4) is 0 Å². The van der Waals surface area contributed by atoms with E-state index >= 15 is 8.78 Å². The van der Waals surface area contributed by atoms with Crippen LogP contribution in [0.15, 0.2) is 24.3 Å². The highest BCUT2D eigenvalue weighted by molar-refractivity contribution is 5.35. The molecule has 2 nitrogen and oxygen atoms in total. The number of hydrogen-bond donors (Lipinski definition) is 0. The molecule has 0 aliphatic heterocycles. The predicted octanol–water partition coefficient (Wildman–Crippen LogP) is 10.6. The van der Waals surface area contributed by atoms with Crippen LogP contribution in [-0.4, -0.2) is 13.2 Å². The minimum atomic E-state index is -1.03. The smallest absolute Gasteiger partial charge is 0.204 e. The molecule has 0 atom stereocenters. The fraction of sp³-hybridized carbons (Fsp3) is 0.647. The Kier molecular flexibility index (Phi) is 11.6. The molecule has 40 heavy (non-hydrogen) atoms. The molecule has 2 aliphatic rings. The average molecular weight is 563 g/mol. The summed E-state index contributed by atoms with van der Waals surface area (Å²) in [6.45, 7) is 5.01. The number of halogens is 4. The van der Waals surface area contributed by atoms with Crippen LogP contribution >= 0.6 is 0 Å². The molecule has 4 rings (SSSR count). The van der Waals surface area contributed by atoms with E-state index in [1.54, 1.807) is 6.07 Å². The first-order valence-electron chi connectivity index (χ1n) is 15.6. The Morgan fingerprint density at radius 1 is 0.600 bits per heavy atom. The molecular formula is C34H46F4O2. The molecule has 6 heteroatoms. The lowest BCUT2D eigenvalue weighted by Gasteiger charge is -2.30. The Balaban J connectivity index is 1.23. The quantitative estimate of drug-likeness (QED) is 0.179. The van der Waals surface area contributed by atoms with Crippen LogP contribution < -0.4 is 9.47 Å². The topological polar surface area (TPSA) is 18.5 Å². The number of rotatable bonds is 13. The summed E-state index contributed by atoms with van der Waals surface area (Å²) in [4.78, 5) is 0. The summed E-state index contributed by atoms with van der Waals surface area (Å²) in [5.41, 5.74) is 0.998. The van der Waals surface area contributed by atoms with E-state index in [9.17, 15) is 8.78 Å². The van der Waals surface area contributed by atoms with Crippen LogP contribution in [0.25, 0.3) is 0 Å². The van der Waals surface area contributed by atoms with Crippen LogP contribution in [0.2, 0.25) is 0 Å². The molecule has 2 aromatic rings. The highest BCUT2D eigenvalue weighted by Crippen LogP contribution is 2.41. The molecule has 0 unspecified atom stereocenters. The molecule has 0 aromatic heterocycles. The van der Waals surface area contributed by atoms with Gasteiger partial charge in [0.25, 0.3) is 0 Å². The van der Waals surface area contributed by atoms with E-state index in [0.717, 1.165) is 57.8 Å². The molecule has 0 spiro atoms. The molecule has 2 aliphatic carbocycles. The second-order valence-corrected chi connectivity index (χ2v) is 12.2.